The molecule has 0 radical (unpaired) electrons. The summed E-state index contributed by atoms with van der Waals surface area (Å²) < 4.78 is 5.44. The molecule has 55 heavy (non-hydrogen) atoms. The van der Waals surface area contributed by atoms with Gasteiger partial charge in [-0.3, -0.25) is 9.59 Å². The van der Waals surface area contributed by atoms with Crippen LogP contribution >= 0.6 is 0 Å². The minimum atomic E-state index is -0.850. The summed E-state index contributed by atoms with van der Waals surface area (Å²) in [6.45, 7) is 4.81. The number of hydrogen-bond donors (Lipinski definition) is 3. The van der Waals surface area contributed by atoms with Gasteiger partial charge in [0.1, 0.15) is 0 Å². The lowest BCUT2D eigenvalue weighted by molar-refractivity contribution is -0.143. The standard InChI is InChI=1S/C49H91NO5/c1-3-5-7-9-11-13-14-23-27-31-35-39-43-49(54)55-44-40-36-32-28-24-21-19-17-15-16-18-20-22-26-30-34-38-42-48(53)50-46(45-51)47(52)41-37-33-29-25-12-10-8-6-4-2/h11,13,15,17,37,41,46-47,51-52H,3-10,12,14,16,18-36,38-40,42-45H2,1-2H3,(H,50,53)/b13-11-,17-15-,41-37+. The van der Waals surface area contributed by atoms with E-state index in [2.05, 4.69) is 43.5 Å². The Bertz CT molecular complexity index is 900. The molecule has 0 aliphatic carbocycles. The summed E-state index contributed by atoms with van der Waals surface area (Å²) in [4.78, 5) is 24.3. The Morgan fingerprint density at radius 2 is 0.855 bits per heavy atom. The Labute approximate surface area is 341 Å². The van der Waals surface area contributed by atoms with Crippen LogP contribution in [0.1, 0.15) is 239 Å². The number of aliphatic hydroxyl groups is 2. The average Bonchev–Trinajstić information content (AvgIpc) is 3.18. The molecule has 2 unspecified atom stereocenters. The average molecular weight is 774 g/mol. The third kappa shape index (κ3) is 41.5. The summed E-state index contributed by atoms with van der Waals surface area (Å²) in [5.74, 6) is -0.0986. The molecule has 0 saturated heterocycles. The van der Waals surface area contributed by atoms with E-state index in [1.54, 1.807) is 6.08 Å². The quantitative estimate of drug-likeness (QED) is 0.0326. The van der Waals surface area contributed by atoms with Gasteiger partial charge in [-0.2, -0.15) is 0 Å². The van der Waals surface area contributed by atoms with Crippen LogP contribution in [-0.2, 0) is 14.3 Å². The van der Waals surface area contributed by atoms with Crippen molar-refractivity contribution >= 4 is 11.9 Å². The molecule has 0 saturated carbocycles. The maximum Gasteiger partial charge on any atom is 0.305 e. The van der Waals surface area contributed by atoms with Gasteiger partial charge >= 0.3 is 5.97 Å². The molecule has 0 fully saturated rings. The lowest BCUT2D eigenvalue weighted by Crippen LogP contribution is -2.45. The SMILES string of the molecule is CCCCC/C=C\CCCCCCCC(=O)OCCCCCCCC/C=C\CCCCCCCCCC(=O)NC(CO)C(O)/C=C/CCCCCCCCC. The van der Waals surface area contributed by atoms with Crippen LogP contribution in [0.3, 0.4) is 0 Å². The van der Waals surface area contributed by atoms with Crippen molar-refractivity contribution in [1.82, 2.24) is 5.32 Å². The van der Waals surface area contributed by atoms with Gasteiger partial charge in [0.2, 0.25) is 5.91 Å². The van der Waals surface area contributed by atoms with Gasteiger partial charge in [-0.15, -0.1) is 0 Å². The van der Waals surface area contributed by atoms with Crippen LogP contribution in [0.4, 0.5) is 0 Å². The molecule has 3 N–H and O–H groups in total. The molecule has 0 heterocycles. The maximum atomic E-state index is 12.3. The third-order valence-corrected chi connectivity index (χ3v) is 10.6. The van der Waals surface area contributed by atoms with Gasteiger partial charge in [0.15, 0.2) is 0 Å². The van der Waals surface area contributed by atoms with Crippen molar-refractivity contribution in [2.45, 2.75) is 251 Å². The lowest BCUT2D eigenvalue weighted by atomic mass is 10.1. The molecule has 0 aromatic carbocycles. The number of carbonyl (C=O) groups is 2. The second kappa shape index (κ2) is 44.8. The molecule has 2 atom stereocenters. The fraction of sp³-hybridized carbons (Fsp3) is 0.837. The topological polar surface area (TPSA) is 95.9 Å². The molecule has 0 rings (SSSR count). The maximum absolute atomic E-state index is 12.3. The number of nitrogens with one attached hydrogen (secondary N) is 1. The highest BCUT2D eigenvalue weighted by Crippen LogP contribution is 2.14. The second-order valence-corrected chi connectivity index (χ2v) is 16.1. The zero-order valence-electron chi connectivity index (χ0n) is 36.4. The number of unbranched alkanes of at least 4 members (excludes halogenated alkanes) is 28. The van der Waals surface area contributed by atoms with Crippen molar-refractivity contribution in [2.75, 3.05) is 13.2 Å². The van der Waals surface area contributed by atoms with Crippen molar-refractivity contribution < 1.29 is 24.5 Å². The molecule has 0 aromatic heterocycles. The van der Waals surface area contributed by atoms with Crippen LogP contribution in [0.2, 0.25) is 0 Å². The van der Waals surface area contributed by atoms with Crippen LogP contribution < -0.4 is 5.32 Å². The minimum absolute atomic E-state index is 0.0141. The predicted octanol–water partition coefficient (Wildman–Crippen LogP) is 13.7. The van der Waals surface area contributed by atoms with Gasteiger partial charge in [0.25, 0.3) is 0 Å². The number of allylic oxidation sites excluding steroid dienone is 5. The van der Waals surface area contributed by atoms with Crippen molar-refractivity contribution in [1.29, 1.82) is 0 Å². The number of esters is 1. The third-order valence-electron chi connectivity index (χ3n) is 10.6. The fourth-order valence-corrected chi connectivity index (χ4v) is 6.91. The zero-order chi connectivity index (χ0) is 40.1. The molecular weight excluding hydrogens is 683 g/mol. The number of amides is 1. The summed E-state index contributed by atoms with van der Waals surface area (Å²) in [5.41, 5.74) is 0. The number of hydrogen-bond acceptors (Lipinski definition) is 5. The molecule has 0 spiro atoms. The Kier molecular flexibility index (Phi) is 43.2. The molecule has 322 valence electrons. The van der Waals surface area contributed by atoms with Crippen LogP contribution in [0.15, 0.2) is 36.5 Å². The molecule has 0 aliphatic heterocycles. The number of rotatable bonds is 43. The monoisotopic (exact) mass is 774 g/mol. The van der Waals surface area contributed by atoms with E-state index in [0.717, 1.165) is 57.8 Å². The summed E-state index contributed by atoms with van der Waals surface area (Å²) >= 11 is 0. The van der Waals surface area contributed by atoms with E-state index in [4.69, 9.17) is 4.74 Å². The Balaban J connectivity index is 3.48. The van der Waals surface area contributed by atoms with Gasteiger partial charge in [0, 0.05) is 12.8 Å². The Morgan fingerprint density at radius 1 is 0.491 bits per heavy atom. The van der Waals surface area contributed by atoms with E-state index >= 15 is 0 Å². The Morgan fingerprint density at radius 3 is 1.33 bits per heavy atom. The molecule has 0 bridgehead atoms. The van der Waals surface area contributed by atoms with E-state index in [1.165, 1.54) is 154 Å². The molecule has 1 amide bonds. The summed E-state index contributed by atoms with van der Waals surface area (Å²) in [7, 11) is 0. The normalized spacial score (nSPS) is 13.0. The van der Waals surface area contributed by atoms with Crippen molar-refractivity contribution in [3.05, 3.63) is 36.5 Å². The smallest absolute Gasteiger partial charge is 0.305 e. The minimum Gasteiger partial charge on any atom is -0.466 e. The summed E-state index contributed by atoms with van der Waals surface area (Å²) in [5, 5.41) is 22.9. The van der Waals surface area contributed by atoms with Gasteiger partial charge < -0.3 is 20.3 Å². The summed E-state index contributed by atoms with van der Waals surface area (Å²) in [6, 6.07) is -0.634. The Hall–Kier alpha value is -1.92. The highest BCUT2D eigenvalue weighted by atomic mass is 16.5. The van der Waals surface area contributed by atoms with E-state index in [9.17, 15) is 19.8 Å². The van der Waals surface area contributed by atoms with Gasteiger partial charge in [-0.1, -0.05) is 179 Å². The molecule has 0 aromatic rings. The van der Waals surface area contributed by atoms with Crippen LogP contribution in [0, 0.1) is 0 Å². The van der Waals surface area contributed by atoms with Crippen molar-refractivity contribution in [3.8, 4) is 0 Å². The van der Waals surface area contributed by atoms with Crippen molar-refractivity contribution in [3.63, 3.8) is 0 Å². The number of carbonyl (C=O) groups excluding carboxylic acids is 2. The number of aliphatic hydroxyl groups excluding tert-OH is 2. The van der Waals surface area contributed by atoms with Gasteiger partial charge in [-0.05, 0) is 83.5 Å². The lowest BCUT2D eigenvalue weighted by Gasteiger charge is -2.20. The largest absolute Gasteiger partial charge is 0.466 e. The van der Waals surface area contributed by atoms with Crippen molar-refractivity contribution in [2.24, 2.45) is 0 Å². The first kappa shape index (κ1) is 53.1. The number of ether oxygens (including phenoxy) is 1. The molecule has 6 nitrogen and oxygen atoms in total. The van der Waals surface area contributed by atoms with E-state index in [-0.39, 0.29) is 18.5 Å². The first-order valence-electron chi connectivity index (χ1n) is 23.8. The second-order valence-electron chi connectivity index (χ2n) is 16.1. The molecule has 0 aliphatic rings. The van der Waals surface area contributed by atoms with Crippen LogP contribution in [-0.4, -0.2) is 47.4 Å². The van der Waals surface area contributed by atoms with Gasteiger partial charge in [0.05, 0.1) is 25.4 Å². The predicted molar refractivity (Wildman–Crippen MR) is 236 cm³/mol. The fourth-order valence-electron chi connectivity index (χ4n) is 6.91. The summed E-state index contributed by atoms with van der Waals surface area (Å²) in [6.07, 6.45) is 52.8. The zero-order valence-corrected chi connectivity index (χ0v) is 36.4. The highest BCUT2D eigenvalue weighted by Gasteiger charge is 2.18. The molecular formula is C49H91NO5. The van der Waals surface area contributed by atoms with Gasteiger partial charge in [-0.25, -0.2) is 0 Å². The molecule has 6 heteroatoms. The van der Waals surface area contributed by atoms with E-state index in [0.29, 0.717) is 19.4 Å². The highest BCUT2D eigenvalue weighted by molar-refractivity contribution is 5.76. The van der Waals surface area contributed by atoms with Crippen LogP contribution in [0.25, 0.3) is 0 Å². The van der Waals surface area contributed by atoms with E-state index < -0.39 is 12.1 Å². The van der Waals surface area contributed by atoms with E-state index in [1.807, 2.05) is 6.08 Å². The first-order chi connectivity index (χ1) is 27.0. The first-order valence-corrected chi connectivity index (χ1v) is 23.8. The van der Waals surface area contributed by atoms with Crippen LogP contribution in [0.5, 0.6) is 0 Å².